The summed E-state index contributed by atoms with van der Waals surface area (Å²) in [5.41, 5.74) is 6.93. The molecule has 0 radical (unpaired) electrons. The molecule has 39 heavy (non-hydrogen) atoms. The number of hydrogen-bond donors (Lipinski definition) is 1. The number of nitrogens with one attached hydrogen (secondary N) is 1. The molecule has 0 aliphatic carbocycles. The zero-order valence-electron chi connectivity index (χ0n) is 21.4. The van der Waals surface area contributed by atoms with Gasteiger partial charge in [-0.05, 0) is 77.7 Å². The lowest BCUT2D eigenvalue weighted by molar-refractivity contribution is 0.0693. The Morgan fingerprint density at radius 3 is 2.72 bits per heavy atom. The molecule has 7 rings (SSSR count). The maximum Gasteiger partial charge on any atom is 0.294 e. The fourth-order valence-electron chi connectivity index (χ4n) is 5.63. The summed E-state index contributed by atoms with van der Waals surface area (Å²) in [5.74, 6) is 0.535. The van der Waals surface area contributed by atoms with Gasteiger partial charge in [0.25, 0.3) is 11.5 Å². The second-order valence-corrected chi connectivity index (χ2v) is 10.8. The molecule has 0 saturated carbocycles. The molecule has 5 heterocycles. The molecule has 6 aromatic rings. The Hall–Kier alpha value is -4.63. The zero-order valence-corrected chi connectivity index (χ0v) is 22.2. The van der Waals surface area contributed by atoms with Crippen LogP contribution in [0.5, 0.6) is 0 Å². The minimum Gasteiger partial charge on any atom is -0.327 e. The van der Waals surface area contributed by atoms with E-state index in [0.717, 1.165) is 39.1 Å². The molecule has 0 fully saturated rings. The van der Waals surface area contributed by atoms with Crippen LogP contribution in [0.25, 0.3) is 27.4 Å². The number of pyridine rings is 1. The van der Waals surface area contributed by atoms with Crippen molar-refractivity contribution in [3.05, 3.63) is 116 Å². The molecule has 0 spiro atoms. The van der Waals surface area contributed by atoms with Gasteiger partial charge in [0.05, 0.1) is 22.0 Å². The summed E-state index contributed by atoms with van der Waals surface area (Å²) in [5, 5.41) is 10.5. The third-order valence-corrected chi connectivity index (χ3v) is 8.55. The van der Waals surface area contributed by atoms with E-state index in [-0.39, 0.29) is 23.2 Å². The number of aromatic amines is 1. The Bertz CT molecular complexity index is 1960. The number of rotatable bonds is 3. The van der Waals surface area contributed by atoms with E-state index < -0.39 is 0 Å². The van der Waals surface area contributed by atoms with Gasteiger partial charge in [0, 0.05) is 24.5 Å². The van der Waals surface area contributed by atoms with E-state index in [4.69, 9.17) is 0 Å². The largest absolute Gasteiger partial charge is 0.327 e. The van der Waals surface area contributed by atoms with E-state index in [1.165, 1.54) is 5.56 Å². The summed E-state index contributed by atoms with van der Waals surface area (Å²) in [7, 11) is 0. The van der Waals surface area contributed by atoms with Gasteiger partial charge in [-0.2, -0.15) is 0 Å². The van der Waals surface area contributed by atoms with E-state index in [0.29, 0.717) is 23.4 Å². The first-order valence-corrected chi connectivity index (χ1v) is 13.6. The topological polar surface area (TPSA) is 96.2 Å². The molecule has 1 unspecified atom stereocenters. The smallest absolute Gasteiger partial charge is 0.294 e. The summed E-state index contributed by atoms with van der Waals surface area (Å²) in [6.45, 7) is 4.52. The quantitative estimate of drug-likeness (QED) is 0.342. The van der Waals surface area contributed by atoms with Crippen LogP contribution in [-0.2, 0) is 6.42 Å². The van der Waals surface area contributed by atoms with E-state index in [2.05, 4.69) is 32.3 Å². The molecule has 8 nitrogen and oxygen atoms in total. The SMILES string of the molecule is Cc1cc2c(cc1C(=O)N1CCc3ccccc3C1c1cccnc1)[nH]c(=O)c1nnc(-c3sccc3C)n12. The number of benzene rings is 2. The Morgan fingerprint density at radius 1 is 1.05 bits per heavy atom. The van der Waals surface area contributed by atoms with Crippen molar-refractivity contribution < 1.29 is 4.79 Å². The van der Waals surface area contributed by atoms with E-state index in [9.17, 15) is 9.59 Å². The van der Waals surface area contributed by atoms with Gasteiger partial charge < -0.3 is 9.88 Å². The van der Waals surface area contributed by atoms with Gasteiger partial charge in [-0.15, -0.1) is 21.5 Å². The first-order chi connectivity index (χ1) is 19.0. The van der Waals surface area contributed by atoms with E-state index >= 15 is 0 Å². The molecule has 4 aromatic heterocycles. The Kier molecular flexibility index (Phi) is 5.41. The van der Waals surface area contributed by atoms with Gasteiger partial charge in [-0.3, -0.25) is 19.0 Å². The predicted octanol–water partition coefficient (Wildman–Crippen LogP) is 5.10. The number of aromatic nitrogens is 5. The van der Waals surface area contributed by atoms with Crippen LogP contribution in [0.3, 0.4) is 0 Å². The van der Waals surface area contributed by atoms with Crippen molar-refractivity contribution in [1.82, 2.24) is 29.5 Å². The van der Waals surface area contributed by atoms with Crippen LogP contribution >= 0.6 is 11.3 Å². The van der Waals surface area contributed by atoms with Crippen LogP contribution in [0.1, 0.15) is 44.2 Å². The lowest BCUT2D eigenvalue weighted by Crippen LogP contribution is -2.41. The molecule has 9 heteroatoms. The number of H-pyrrole nitrogens is 1. The summed E-state index contributed by atoms with van der Waals surface area (Å²) in [6.07, 6.45) is 4.34. The molecule has 1 atom stereocenters. The maximum atomic E-state index is 14.2. The molecule has 0 saturated heterocycles. The number of amides is 1. The number of nitrogens with zero attached hydrogens (tertiary/aromatic N) is 5. The highest BCUT2D eigenvalue weighted by Gasteiger charge is 2.33. The first kappa shape index (κ1) is 23.5. The molecule has 1 aliphatic heterocycles. The van der Waals surface area contributed by atoms with Crippen LogP contribution < -0.4 is 5.56 Å². The van der Waals surface area contributed by atoms with Gasteiger partial charge in [0.1, 0.15) is 0 Å². The molecule has 192 valence electrons. The first-order valence-electron chi connectivity index (χ1n) is 12.8. The van der Waals surface area contributed by atoms with E-state index in [1.54, 1.807) is 28.0 Å². The lowest BCUT2D eigenvalue weighted by atomic mass is 9.88. The number of aryl methyl sites for hydroxylation is 2. The van der Waals surface area contributed by atoms with Crippen LogP contribution in [0.15, 0.2) is 77.2 Å². The normalized spacial score (nSPS) is 15.1. The van der Waals surface area contributed by atoms with Crippen molar-refractivity contribution in [2.75, 3.05) is 6.54 Å². The Balaban J connectivity index is 1.39. The molecular formula is C30H24N6O2S. The van der Waals surface area contributed by atoms with Crippen molar-refractivity contribution in [3.8, 4) is 10.7 Å². The number of hydrogen-bond acceptors (Lipinski definition) is 6. The van der Waals surface area contributed by atoms with Crippen molar-refractivity contribution in [2.24, 2.45) is 0 Å². The highest BCUT2D eigenvalue weighted by atomic mass is 32.1. The van der Waals surface area contributed by atoms with Crippen LogP contribution in [0, 0.1) is 13.8 Å². The van der Waals surface area contributed by atoms with Gasteiger partial charge in [0.2, 0.25) is 5.65 Å². The second-order valence-electron chi connectivity index (χ2n) is 9.89. The van der Waals surface area contributed by atoms with Crippen molar-refractivity contribution in [3.63, 3.8) is 0 Å². The summed E-state index contributed by atoms with van der Waals surface area (Å²) in [6, 6.07) is 17.7. The van der Waals surface area contributed by atoms with Gasteiger partial charge in [-0.1, -0.05) is 30.3 Å². The molecule has 1 N–H and O–H groups in total. The highest BCUT2D eigenvalue weighted by Crippen LogP contribution is 2.37. The fourth-order valence-corrected chi connectivity index (χ4v) is 6.53. The number of fused-ring (bicyclic) bond motifs is 4. The molecule has 0 bridgehead atoms. The third-order valence-electron chi connectivity index (χ3n) is 7.54. The van der Waals surface area contributed by atoms with E-state index in [1.807, 2.05) is 66.7 Å². The summed E-state index contributed by atoms with van der Waals surface area (Å²) < 4.78 is 1.80. The average molecular weight is 533 g/mol. The monoisotopic (exact) mass is 532 g/mol. The maximum absolute atomic E-state index is 14.2. The molecular weight excluding hydrogens is 508 g/mol. The van der Waals surface area contributed by atoms with Crippen LogP contribution in [0.4, 0.5) is 0 Å². The summed E-state index contributed by atoms with van der Waals surface area (Å²) >= 11 is 1.56. The van der Waals surface area contributed by atoms with Gasteiger partial charge >= 0.3 is 0 Å². The lowest BCUT2D eigenvalue weighted by Gasteiger charge is -2.38. The third kappa shape index (κ3) is 3.69. The van der Waals surface area contributed by atoms with Crippen LogP contribution in [0.2, 0.25) is 0 Å². The van der Waals surface area contributed by atoms with Crippen molar-refractivity contribution in [2.45, 2.75) is 26.3 Å². The minimum absolute atomic E-state index is 0.0863. The molecule has 1 aliphatic rings. The molecule has 2 aromatic carbocycles. The summed E-state index contributed by atoms with van der Waals surface area (Å²) in [4.78, 5) is 37.4. The Labute approximate surface area is 227 Å². The number of carbonyl (C=O) groups excluding carboxylic acids is 1. The fraction of sp³-hybridized carbons (Fsp3) is 0.167. The average Bonchev–Trinajstić information content (AvgIpc) is 3.59. The zero-order chi connectivity index (χ0) is 26.7. The molecule has 1 amide bonds. The number of thiophene rings is 1. The minimum atomic E-state index is -0.349. The standard InChI is InChI=1S/C30H24N6O2S/c1-17-10-13-39-26(17)27-33-34-28-29(37)32-23-15-22(18(2)14-24(23)36(27)28)30(38)35-12-9-19-6-3-4-8-21(19)25(35)20-7-5-11-31-16-20/h3-8,10-11,13-16,25H,9,12H2,1-2H3,(H,32,37). The number of carbonyl (C=O) groups is 1. The van der Waals surface area contributed by atoms with Gasteiger partial charge in [-0.25, -0.2) is 0 Å². The Morgan fingerprint density at radius 2 is 1.92 bits per heavy atom. The second kappa shape index (κ2) is 8.99. The van der Waals surface area contributed by atoms with Crippen molar-refractivity contribution >= 4 is 33.9 Å². The van der Waals surface area contributed by atoms with Crippen molar-refractivity contribution in [1.29, 1.82) is 0 Å². The highest BCUT2D eigenvalue weighted by molar-refractivity contribution is 7.13. The predicted molar refractivity (Wildman–Crippen MR) is 151 cm³/mol. The van der Waals surface area contributed by atoms with Gasteiger partial charge in [0.15, 0.2) is 5.82 Å². The van der Waals surface area contributed by atoms with Crippen LogP contribution in [-0.4, -0.2) is 41.9 Å².